The van der Waals surface area contributed by atoms with Crippen molar-refractivity contribution in [1.29, 1.82) is 0 Å². The number of hydrogen-bond donors (Lipinski definition) is 0. The molecule has 1 aliphatic carbocycles. The van der Waals surface area contributed by atoms with Crippen molar-refractivity contribution in [2.24, 2.45) is 10.9 Å². The van der Waals surface area contributed by atoms with Gasteiger partial charge in [-0.2, -0.15) is 0 Å². The lowest BCUT2D eigenvalue weighted by molar-refractivity contribution is 0.240. The van der Waals surface area contributed by atoms with Crippen LogP contribution >= 0.6 is 0 Å². The molecule has 3 nitrogen and oxygen atoms in total. The average molecular weight is 397 g/mol. The maximum absolute atomic E-state index is 6.04. The Balaban J connectivity index is 1.47. The third-order valence-electron chi connectivity index (χ3n) is 6.42. The molecule has 3 aromatic rings. The summed E-state index contributed by atoms with van der Waals surface area (Å²) in [6.07, 6.45) is 6.58. The van der Waals surface area contributed by atoms with Gasteiger partial charge in [-0.3, -0.25) is 0 Å². The zero-order valence-electron chi connectivity index (χ0n) is 17.3. The first kappa shape index (κ1) is 19.0. The summed E-state index contributed by atoms with van der Waals surface area (Å²) in [5.41, 5.74) is 4.35. The van der Waals surface area contributed by atoms with Crippen LogP contribution in [-0.2, 0) is 4.74 Å². The van der Waals surface area contributed by atoms with Crippen LogP contribution in [0.1, 0.15) is 60.5 Å². The molecule has 1 aliphatic heterocycles. The maximum Gasteiger partial charge on any atom is 0.235 e. The van der Waals surface area contributed by atoms with Gasteiger partial charge in [0.1, 0.15) is 12.3 Å². The standard InChI is InChI=1S/C27H28N2O/c1-4-11-20(12-5-1)25-19-30-27(29-25)24-18-10-17-23(28-24)26(21-13-6-2-7-14-21)22-15-8-3-9-16-22/h2-3,6-10,13-18,20,25-26H,1,4-5,11-12,19H2/t25-/m1/s1. The molecule has 0 saturated heterocycles. The summed E-state index contributed by atoms with van der Waals surface area (Å²) >= 11 is 0. The van der Waals surface area contributed by atoms with Crippen LogP contribution in [0, 0.1) is 5.92 Å². The Kier molecular flexibility index (Phi) is 5.60. The SMILES string of the molecule is c1ccc(C(c2ccccc2)c2cccc(C3=N[C@@H](C4CCCCC4)CO3)n2)cc1. The highest BCUT2D eigenvalue weighted by atomic mass is 16.5. The topological polar surface area (TPSA) is 34.5 Å². The van der Waals surface area contributed by atoms with Crippen molar-refractivity contribution in [3.63, 3.8) is 0 Å². The first-order chi connectivity index (χ1) is 14.9. The Bertz CT molecular complexity index is 954. The molecule has 2 aromatic carbocycles. The summed E-state index contributed by atoms with van der Waals surface area (Å²) in [6, 6.07) is 27.7. The van der Waals surface area contributed by atoms with Crippen LogP contribution in [0.2, 0.25) is 0 Å². The third-order valence-corrected chi connectivity index (χ3v) is 6.42. The highest BCUT2D eigenvalue weighted by Crippen LogP contribution is 2.32. The molecule has 5 rings (SSSR count). The highest BCUT2D eigenvalue weighted by Gasteiger charge is 2.30. The van der Waals surface area contributed by atoms with Crippen molar-refractivity contribution in [3.05, 3.63) is 101 Å². The van der Waals surface area contributed by atoms with Gasteiger partial charge in [-0.25, -0.2) is 9.98 Å². The van der Waals surface area contributed by atoms with Crippen molar-refractivity contribution in [2.75, 3.05) is 6.61 Å². The van der Waals surface area contributed by atoms with Gasteiger partial charge in [0.2, 0.25) is 5.90 Å². The lowest BCUT2D eigenvalue weighted by Gasteiger charge is -2.24. The van der Waals surface area contributed by atoms with E-state index in [0.29, 0.717) is 24.5 Å². The number of nitrogens with zero attached hydrogens (tertiary/aromatic N) is 2. The van der Waals surface area contributed by atoms with Crippen LogP contribution in [0.4, 0.5) is 0 Å². The van der Waals surface area contributed by atoms with Gasteiger partial charge in [-0.05, 0) is 42.0 Å². The van der Waals surface area contributed by atoms with Crippen LogP contribution < -0.4 is 0 Å². The molecular formula is C27H28N2O. The summed E-state index contributed by atoms with van der Waals surface area (Å²) in [6.45, 7) is 0.701. The summed E-state index contributed by atoms with van der Waals surface area (Å²) < 4.78 is 6.04. The van der Waals surface area contributed by atoms with E-state index in [1.54, 1.807) is 0 Å². The smallest absolute Gasteiger partial charge is 0.235 e. The predicted molar refractivity (Wildman–Crippen MR) is 121 cm³/mol. The second-order valence-corrected chi connectivity index (χ2v) is 8.41. The fraction of sp³-hybridized carbons (Fsp3) is 0.333. The second kappa shape index (κ2) is 8.83. The van der Waals surface area contributed by atoms with E-state index in [1.165, 1.54) is 43.2 Å². The minimum atomic E-state index is 0.0866. The molecule has 0 amide bonds. The van der Waals surface area contributed by atoms with Gasteiger partial charge in [0.05, 0.1) is 17.7 Å². The molecule has 2 aliphatic rings. The number of pyridine rings is 1. The molecule has 1 saturated carbocycles. The fourth-order valence-corrected chi connectivity index (χ4v) is 4.85. The molecule has 0 unspecified atom stereocenters. The molecule has 30 heavy (non-hydrogen) atoms. The van der Waals surface area contributed by atoms with Gasteiger partial charge in [0.15, 0.2) is 0 Å². The largest absolute Gasteiger partial charge is 0.474 e. The molecule has 0 N–H and O–H groups in total. The summed E-state index contributed by atoms with van der Waals surface area (Å²) in [5, 5.41) is 0. The highest BCUT2D eigenvalue weighted by molar-refractivity contribution is 5.93. The van der Waals surface area contributed by atoms with E-state index >= 15 is 0 Å². The van der Waals surface area contributed by atoms with Gasteiger partial charge in [-0.1, -0.05) is 86.0 Å². The number of rotatable bonds is 5. The molecule has 0 spiro atoms. The van der Waals surface area contributed by atoms with Crippen molar-refractivity contribution >= 4 is 5.90 Å². The quantitative estimate of drug-likeness (QED) is 0.531. The van der Waals surface area contributed by atoms with Crippen LogP contribution in [-0.4, -0.2) is 23.5 Å². The summed E-state index contributed by atoms with van der Waals surface area (Å²) in [5.74, 6) is 1.47. The van der Waals surface area contributed by atoms with E-state index in [2.05, 4.69) is 72.8 Å². The monoisotopic (exact) mass is 396 g/mol. The van der Waals surface area contributed by atoms with Crippen molar-refractivity contribution in [3.8, 4) is 0 Å². The minimum absolute atomic E-state index is 0.0866. The van der Waals surface area contributed by atoms with Gasteiger partial charge < -0.3 is 4.74 Å². The number of ether oxygens (including phenoxy) is 1. The van der Waals surface area contributed by atoms with Gasteiger partial charge in [-0.15, -0.1) is 0 Å². The van der Waals surface area contributed by atoms with Crippen molar-refractivity contribution in [1.82, 2.24) is 4.98 Å². The second-order valence-electron chi connectivity index (χ2n) is 8.41. The van der Waals surface area contributed by atoms with Crippen LogP contribution in [0.5, 0.6) is 0 Å². The van der Waals surface area contributed by atoms with Crippen LogP contribution in [0.3, 0.4) is 0 Å². The number of aliphatic imine (C=N–C) groups is 1. The van der Waals surface area contributed by atoms with Crippen LogP contribution in [0.25, 0.3) is 0 Å². The number of aromatic nitrogens is 1. The number of benzene rings is 2. The average Bonchev–Trinajstić information content (AvgIpc) is 3.32. The Morgan fingerprint density at radius 1 is 0.733 bits per heavy atom. The molecule has 2 heterocycles. The van der Waals surface area contributed by atoms with E-state index in [1.807, 2.05) is 6.07 Å². The van der Waals surface area contributed by atoms with E-state index in [9.17, 15) is 0 Å². The maximum atomic E-state index is 6.04. The molecule has 1 fully saturated rings. The molecule has 1 aromatic heterocycles. The Hall–Kier alpha value is -2.94. The predicted octanol–water partition coefficient (Wildman–Crippen LogP) is 5.99. The van der Waals surface area contributed by atoms with E-state index in [4.69, 9.17) is 14.7 Å². The fourth-order valence-electron chi connectivity index (χ4n) is 4.85. The number of hydrogen-bond acceptors (Lipinski definition) is 3. The van der Waals surface area contributed by atoms with E-state index in [0.717, 1.165) is 11.4 Å². The van der Waals surface area contributed by atoms with Crippen LogP contribution in [0.15, 0.2) is 83.9 Å². The Morgan fingerprint density at radius 2 is 1.40 bits per heavy atom. The third kappa shape index (κ3) is 4.02. The van der Waals surface area contributed by atoms with Crippen molar-refractivity contribution in [2.45, 2.75) is 44.1 Å². The molecule has 0 bridgehead atoms. The lowest BCUT2D eigenvalue weighted by atomic mass is 9.84. The van der Waals surface area contributed by atoms with Gasteiger partial charge >= 0.3 is 0 Å². The zero-order chi connectivity index (χ0) is 20.2. The first-order valence-corrected chi connectivity index (χ1v) is 11.2. The molecule has 0 radical (unpaired) electrons. The first-order valence-electron chi connectivity index (χ1n) is 11.2. The van der Waals surface area contributed by atoms with E-state index in [-0.39, 0.29) is 5.92 Å². The molecule has 152 valence electrons. The Morgan fingerprint density at radius 3 is 2.07 bits per heavy atom. The minimum Gasteiger partial charge on any atom is -0.474 e. The normalized spacial score (nSPS) is 19.5. The van der Waals surface area contributed by atoms with E-state index < -0.39 is 0 Å². The summed E-state index contributed by atoms with van der Waals surface area (Å²) in [4.78, 5) is 9.99. The summed E-state index contributed by atoms with van der Waals surface area (Å²) in [7, 11) is 0. The van der Waals surface area contributed by atoms with Gasteiger partial charge in [0.25, 0.3) is 0 Å². The zero-order valence-corrected chi connectivity index (χ0v) is 17.3. The molecule has 3 heteroatoms. The Labute approximate surface area is 178 Å². The molecule has 1 atom stereocenters. The lowest BCUT2D eigenvalue weighted by Crippen LogP contribution is -2.22. The molecular weight excluding hydrogens is 368 g/mol. The van der Waals surface area contributed by atoms with Crippen molar-refractivity contribution < 1.29 is 4.74 Å². The van der Waals surface area contributed by atoms with Gasteiger partial charge in [0, 0.05) is 0 Å².